The van der Waals surface area contributed by atoms with Crippen molar-refractivity contribution in [2.75, 3.05) is 32.9 Å². The van der Waals surface area contributed by atoms with Crippen molar-refractivity contribution in [2.45, 2.75) is 22.5 Å². The van der Waals surface area contributed by atoms with Gasteiger partial charge in [-0.25, -0.2) is 14.8 Å². The molecule has 32 heavy (non-hydrogen) atoms. The van der Waals surface area contributed by atoms with Crippen LogP contribution in [-0.2, 0) is 17.0 Å². The number of aromatic nitrogens is 2. The van der Waals surface area contributed by atoms with E-state index in [1.165, 1.54) is 30.6 Å². The maximum absolute atomic E-state index is 12.6. The monoisotopic (exact) mass is 471 g/mol. The zero-order chi connectivity index (χ0) is 22.9. The van der Waals surface area contributed by atoms with E-state index in [0.717, 1.165) is 22.6 Å². The van der Waals surface area contributed by atoms with Gasteiger partial charge in [0.15, 0.2) is 5.16 Å². The molecule has 0 aliphatic heterocycles. The summed E-state index contributed by atoms with van der Waals surface area (Å²) in [6.07, 6.45) is 1.90. The third-order valence-electron chi connectivity index (χ3n) is 4.58. The van der Waals surface area contributed by atoms with Crippen molar-refractivity contribution in [3.05, 3.63) is 65.2 Å². The molecule has 0 fully saturated rings. The van der Waals surface area contributed by atoms with Gasteiger partial charge in [0, 0.05) is 12.3 Å². The van der Waals surface area contributed by atoms with Gasteiger partial charge in [0.25, 0.3) is 0 Å². The average molecular weight is 472 g/mol. The molecular formula is C23H25N3O4S2. The zero-order valence-electron chi connectivity index (χ0n) is 18.4. The topological polar surface area (TPSA) is 82.6 Å². The minimum atomic E-state index is -0.480. The maximum Gasteiger partial charge on any atom is 0.344 e. The predicted molar refractivity (Wildman–Crippen MR) is 128 cm³/mol. The fraction of sp³-hybridized carbons (Fsp3) is 0.261. The maximum atomic E-state index is 12.6. The molecule has 0 spiro atoms. The van der Waals surface area contributed by atoms with E-state index < -0.39 is 5.97 Å². The second-order valence-electron chi connectivity index (χ2n) is 6.57. The summed E-state index contributed by atoms with van der Waals surface area (Å²) in [6, 6.07) is 15.5. The van der Waals surface area contributed by atoms with E-state index in [9.17, 15) is 4.79 Å². The zero-order valence-corrected chi connectivity index (χ0v) is 20.0. The molecule has 0 bridgehead atoms. The lowest BCUT2D eigenvalue weighted by Gasteiger charge is -2.15. The first-order valence-electron chi connectivity index (χ1n) is 9.74. The number of methoxy groups -OCH3 is 3. The Morgan fingerprint density at radius 1 is 0.906 bits per heavy atom. The number of hydrogen-bond acceptors (Lipinski definition) is 9. The van der Waals surface area contributed by atoms with Gasteiger partial charge >= 0.3 is 5.97 Å². The molecule has 0 radical (unpaired) electrons. The van der Waals surface area contributed by atoms with Crippen molar-refractivity contribution in [2.24, 2.45) is 0 Å². The van der Waals surface area contributed by atoms with E-state index in [-0.39, 0.29) is 0 Å². The number of rotatable bonds is 10. The van der Waals surface area contributed by atoms with Crippen LogP contribution in [0.5, 0.6) is 11.5 Å². The van der Waals surface area contributed by atoms with E-state index in [0.29, 0.717) is 33.9 Å². The smallest absolute Gasteiger partial charge is 0.344 e. The number of benzene rings is 2. The SMILES string of the molecule is COC(=O)c1c(NCc2ccc(OC)cc2)nc(SC)nc1SCc1ccc(OC)cc1. The Morgan fingerprint density at radius 3 is 2.03 bits per heavy atom. The second kappa shape index (κ2) is 11.6. The van der Waals surface area contributed by atoms with Crippen molar-refractivity contribution in [1.82, 2.24) is 9.97 Å². The number of esters is 1. The van der Waals surface area contributed by atoms with Crippen molar-refractivity contribution < 1.29 is 19.0 Å². The van der Waals surface area contributed by atoms with Gasteiger partial charge in [0.2, 0.25) is 0 Å². The molecule has 0 unspecified atom stereocenters. The Morgan fingerprint density at radius 2 is 1.50 bits per heavy atom. The summed E-state index contributed by atoms with van der Waals surface area (Å²) in [6.45, 7) is 0.488. The van der Waals surface area contributed by atoms with Gasteiger partial charge in [-0.2, -0.15) is 0 Å². The molecule has 3 rings (SSSR count). The van der Waals surface area contributed by atoms with Crippen LogP contribution in [0, 0.1) is 0 Å². The molecule has 0 aliphatic carbocycles. The molecule has 2 aromatic carbocycles. The number of nitrogens with one attached hydrogen (secondary N) is 1. The number of carbonyl (C=O) groups excluding carboxylic acids is 1. The van der Waals surface area contributed by atoms with Gasteiger partial charge in [0.1, 0.15) is 27.9 Å². The van der Waals surface area contributed by atoms with Crippen molar-refractivity contribution in [1.29, 1.82) is 0 Å². The minimum absolute atomic E-state index is 0.331. The normalized spacial score (nSPS) is 10.5. The largest absolute Gasteiger partial charge is 0.497 e. The number of carbonyl (C=O) groups is 1. The molecule has 0 saturated carbocycles. The fourth-order valence-corrected chi connectivity index (χ4v) is 4.23. The molecule has 9 heteroatoms. The van der Waals surface area contributed by atoms with Crippen LogP contribution in [0.3, 0.4) is 0 Å². The molecular weight excluding hydrogens is 446 g/mol. The molecule has 1 N–H and O–H groups in total. The Labute approximate surface area is 196 Å². The quantitative estimate of drug-likeness (QED) is 0.192. The number of ether oxygens (including phenoxy) is 3. The number of thioether (sulfide) groups is 2. The van der Waals surface area contributed by atoms with Crippen molar-refractivity contribution in [3.8, 4) is 11.5 Å². The summed E-state index contributed by atoms with van der Waals surface area (Å²) in [7, 11) is 4.62. The van der Waals surface area contributed by atoms with Gasteiger partial charge < -0.3 is 19.5 Å². The van der Waals surface area contributed by atoms with E-state index in [2.05, 4.69) is 15.3 Å². The van der Waals surface area contributed by atoms with Crippen LogP contribution in [0.1, 0.15) is 21.5 Å². The minimum Gasteiger partial charge on any atom is -0.497 e. The van der Waals surface area contributed by atoms with Gasteiger partial charge in [0.05, 0.1) is 21.3 Å². The molecule has 0 saturated heterocycles. The first kappa shape index (κ1) is 23.7. The van der Waals surface area contributed by atoms with Gasteiger partial charge in [-0.05, 0) is 41.6 Å². The summed E-state index contributed by atoms with van der Waals surface area (Å²) in [5.74, 6) is 2.19. The summed E-state index contributed by atoms with van der Waals surface area (Å²) >= 11 is 2.88. The van der Waals surface area contributed by atoms with Crippen molar-refractivity contribution >= 4 is 35.3 Å². The van der Waals surface area contributed by atoms with E-state index in [1.54, 1.807) is 14.2 Å². The number of hydrogen-bond donors (Lipinski definition) is 1. The highest BCUT2D eigenvalue weighted by atomic mass is 32.2. The lowest BCUT2D eigenvalue weighted by molar-refractivity contribution is 0.0596. The Kier molecular flexibility index (Phi) is 8.64. The summed E-state index contributed by atoms with van der Waals surface area (Å²) in [5, 5.41) is 4.42. The fourth-order valence-electron chi connectivity index (χ4n) is 2.83. The van der Waals surface area contributed by atoms with Crippen LogP contribution in [0.25, 0.3) is 0 Å². The first-order valence-corrected chi connectivity index (χ1v) is 12.0. The summed E-state index contributed by atoms with van der Waals surface area (Å²) in [4.78, 5) is 21.8. The Balaban J connectivity index is 1.86. The number of nitrogens with zero attached hydrogens (tertiary/aromatic N) is 2. The third-order valence-corrected chi connectivity index (χ3v) is 6.18. The molecule has 168 valence electrons. The highest BCUT2D eigenvalue weighted by molar-refractivity contribution is 7.99. The molecule has 0 amide bonds. The first-order chi connectivity index (χ1) is 15.6. The second-order valence-corrected chi connectivity index (χ2v) is 8.31. The van der Waals surface area contributed by atoms with Crippen LogP contribution in [0.2, 0.25) is 0 Å². The molecule has 0 aliphatic rings. The molecule has 1 heterocycles. The van der Waals surface area contributed by atoms with Gasteiger partial charge in [-0.3, -0.25) is 0 Å². The van der Waals surface area contributed by atoms with E-state index in [1.807, 2.05) is 54.8 Å². The standard InChI is InChI=1S/C23H25N3O4S2/c1-28-17-9-5-15(6-10-17)13-24-20-19(22(27)30-3)21(26-23(25-20)31-4)32-14-16-7-11-18(29-2)12-8-16/h5-12H,13-14H2,1-4H3,(H,24,25,26). The third kappa shape index (κ3) is 6.08. The Bertz CT molecular complexity index is 972. The van der Waals surface area contributed by atoms with Gasteiger partial charge in [-0.15, -0.1) is 11.8 Å². The average Bonchev–Trinajstić information content (AvgIpc) is 2.85. The lowest BCUT2D eigenvalue weighted by atomic mass is 10.2. The van der Waals surface area contributed by atoms with Crippen LogP contribution < -0.4 is 14.8 Å². The van der Waals surface area contributed by atoms with Crippen LogP contribution in [0.4, 0.5) is 5.82 Å². The van der Waals surface area contributed by atoms with Gasteiger partial charge in [-0.1, -0.05) is 36.0 Å². The number of anilines is 1. The lowest BCUT2D eigenvalue weighted by Crippen LogP contribution is -2.13. The van der Waals surface area contributed by atoms with Crippen LogP contribution >= 0.6 is 23.5 Å². The highest BCUT2D eigenvalue weighted by Crippen LogP contribution is 2.31. The molecule has 1 aromatic heterocycles. The van der Waals surface area contributed by atoms with Crippen LogP contribution in [0.15, 0.2) is 58.7 Å². The highest BCUT2D eigenvalue weighted by Gasteiger charge is 2.22. The molecule has 3 aromatic rings. The molecule has 7 nitrogen and oxygen atoms in total. The van der Waals surface area contributed by atoms with E-state index in [4.69, 9.17) is 14.2 Å². The Hall–Kier alpha value is -2.91. The summed E-state index contributed by atoms with van der Waals surface area (Å²) in [5.41, 5.74) is 2.44. The van der Waals surface area contributed by atoms with Crippen LogP contribution in [-0.4, -0.2) is 43.5 Å². The summed E-state index contributed by atoms with van der Waals surface area (Å²) < 4.78 is 15.5. The predicted octanol–water partition coefficient (Wildman–Crippen LogP) is 4.91. The van der Waals surface area contributed by atoms with Crippen molar-refractivity contribution in [3.63, 3.8) is 0 Å². The van der Waals surface area contributed by atoms with E-state index >= 15 is 0 Å². The molecule has 0 atom stereocenters.